The zero-order valence-corrected chi connectivity index (χ0v) is 18.1. The fourth-order valence-electron chi connectivity index (χ4n) is 5.07. The Balaban J connectivity index is 1.48. The number of rotatable bonds is 2. The van der Waals surface area contributed by atoms with Crippen LogP contribution >= 0.6 is 0 Å². The molecule has 4 heterocycles. The number of nitrogens with zero attached hydrogens (tertiary/aromatic N) is 1. The van der Waals surface area contributed by atoms with E-state index < -0.39 is 5.60 Å². The highest BCUT2D eigenvalue weighted by atomic mass is 16.5. The number of aryl methyl sites for hydroxylation is 2. The van der Waals surface area contributed by atoms with Crippen molar-refractivity contribution < 1.29 is 14.3 Å². The number of benzene rings is 2. The summed E-state index contributed by atoms with van der Waals surface area (Å²) in [5.74, 6) is 1.50. The summed E-state index contributed by atoms with van der Waals surface area (Å²) in [4.78, 5) is 20.4. The van der Waals surface area contributed by atoms with Crippen LogP contribution in [0.25, 0.3) is 32.6 Å². The van der Waals surface area contributed by atoms with Crippen LogP contribution < -0.4 is 10.2 Å². The Hall–Kier alpha value is -3.80. The van der Waals surface area contributed by atoms with Gasteiger partial charge in [-0.2, -0.15) is 0 Å². The van der Waals surface area contributed by atoms with Crippen LogP contribution in [0.3, 0.4) is 0 Å². The van der Waals surface area contributed by atoms with E-state index in [0.29, 0.717) is 29.9 Å². The molecule has 1 unspecified atom stereocenters. The van der Waals surface area contributed by atoms with E-state index in [1.165, 1.54) is 6.07 Å². The summed E-state index contributed by atoms with van der Waals surface area (Å²) >= 11 is 0. The van der Waals surface area contributed by atoms with Gasteiger partial charge in [0.25, 0.3) is 0 Å². The van der Waals surface area contributed by atoms with Gasteiger partial charge in [-0.25, -0.2) is 0 Å². The molecule has 0 saturated heterocycles. The quantitative estimate of drug-likeness (QED) is 0.411. The van der Waals surface area contributed by atoms with Crippen molar-refractivity contribution in [1.82, 2.24) is 9.97 Å². The van der Waals surface area contributed by atoms with E-state index in [1.807, 2.05) is 39.0 Å². The fourth-order valence-corrected chi connectivity index (χ4v) is 5.07. The summed E-state index contributed by atoms with van der Waals surface area (Å²) in [7, 11) is 0. The normalized spacial score (nSPS) is 17.8. The molecule has 6 nitrogen and oxygen atoms in total. The van der Waals surface area contributed by atoms with Crippen molar-refractivity contribution >= 4 is 32.6 Å². The minimum Gasteiger partial charge on any atom is -0.508 e. The molecule has 6 rings (SSSR count). The number of phenolic OH excluding ortho intramolecular Hbond substituents is 1. The number of ether oxygens (including phenoxy) is 1. The SMILES string of the molecule is Cc1cc2cc(O)cc3c2c(n1)CC(C)(Cc1cc2[nH]c(C)cc4cc(=O)cc(o1)c42)O3. The van der Waals surface area contributed by atoms with Crippen LogP contribution in [0, 0.1) is 13.8 Å². The number of aromatic nitrogens is 2. The van der Waals surface area contributed by atoms with Crippen molar-refractivity contribution in [2.24, 2.45) is 0 Å². The summed E-state index contributed by atoms with van der Waals surface area (Å²) in [6, 6.07) is 12.4. The molecule has 5 aromatic rings. The van der Waals surface area contributed by atoms with Crippen LogP contribution in [0.4, 0.5) is 0 Å². The lowest BCUT2D eigenvalue weighted by Crippen LogP contribution is -2.40. The van der Waals surface area contributed by atoms with Crippen LogP contribution in [-0.2, 0) is 12.8 Å². The molecule has 6 heteroatoms. The highest BCUT2D eigenvalue weighted by Crippen LogP contribution is 2.41. The molecule has 0 radical (unpaired) electrons. The van der Waals surface area contributed by atoms with Gasteiger partial charge in [-0.3, -0.25) is 9.78 Å². The average Bonchev–Trinajstić information content (AvgIpc) is 2.65. The molecule has 2 aromatic carbocycles. The monoisotopic (exact) mass is 426 g/mol. The first-order valence-corrected chi connectivity index (χ1v) is 10.6. The molecule has 1 aliphatic rings. The summed E-state index contributed by atoms with van der Waals surface area (Å²) in [5, 5.41) is 13.9. The Morgan fingerprint density at radius 3 is 2.72 bits per heavy atom. The van der Waals surface area contributed by atoms with E-state index in [1.54, 1.807) is 18.2 Å². The van der Waals surface area contributed by atoms with Crippen LogP contribution in [0.2, 0.25) is 0 Å². The van der Waals surface area contributed by atoms with Gasteiger partial charge in [-0.05, 0) is 55.8 Å². The number of aromatic amines is 1. The van der Waals surface area contributed by atoms with Gasteiger partial charge in [0.2, 0.25) is 0 Å². The molecular formula is C26H22N2O4. The number of pyridine rings is 2. The molecule has 3 aromatic heterocycles. The van der Waals surface area contributed by atoms with Crippen LogP contribution in [-0.4, -0.2) is 20.7 Å². The van der Waals surface area contributed by atoms with E-state index in [9.17, 15) is 9.90 Å². The van der Waals surface area contributed by atoms with Gasteiger partial charge >= 0.3 is 0 Å². The number of nitrogens with one attached hydrogen (secondary N) is 1. The molecule has 0 saturated carbocycles. The van der Waals surface area contributed by atoms with E-state index in [4.69, 9.17) is 14.1 Å². The Morgan fingerprint density at radius 1 is 1.06 bits per heavy atom. The van der Waals surface area contributed by atoms with Crippen molar-refractivity contribution in [2.75, 3.05) is 0 Å². The van der Waals surface area contributed by atoms with Gasteiger partial charge in [0.05, 0.1) is 11.2 Å². The van der Waals surface area contributed by atoms with Crippen molar-refractivity contribution in [2.45, 2.75) is 39.2 Å². The smallest absolute Gasteiger partial charge is 0.182 e. The van der Waals surface area contributed by atoms with E-state index in [2.05, 4.69) is 4.98 Å². The standard InChI is InChI=1S/C26H22N2O4/c1-13-4-15-6-17(29)8-22-24(15)20(27-13)10-19(31-22)11-26(3)12-21-25-16(5-14(2)28-21)7-18(30)9-23(25)32-26/h4-10,27,30H,11-12H2,1-3H3. The van der Waals surface area contributed by atoms with Crippen molar-refractivity contribution in [1.29, 1.82) is 0 Å². The largest absolute Gasteiger partial charge is 0.508 e. The van der Waals surface area contributed by atoms with E-state index >= 15 is 0 Å². The van der Waals surface area contributed by atoms with Crippen molar-refractivity contribution in [3.8, 4) is 11.5 Å². The van der Waals surface area contributed by atoms with Gasteiger partial charge in [0.15, 0.2) is 5.43 Å². The first-order chi connectivity index (χ1) is 15.3. The second-order valence-corrected chi connectivity index (χ2v) is 9.12. The Bertz CT molecular complexity index is 1580. The number of H-pyrrole nitrogens is 1. The molecule has 1 aliphatic heterocycles. The summed E-state index contributed by atoms with van der Waals surface area (Å²) in [6.45, 7) is 5.95. The number of hydrogen-bond donors (Lipinski definition) is 2. The molecule has 1 atom stereocenters. The second-order valence-electron chi connectivity index (χ2n) is 9.12. The fraction of sp³-hybridized carbons (Fsp3) is 0.231. The maximum atomic E-state index is 12.2. The molecule has 0 aliphatic carbocycles. The third-order valence-electron chi connectivity index (χ3n) is 6.15. The Labute approximate surface area is 183 Å². The van der Waals surface area contributed by atoms with Gasteiger partial charge in [-0.1, -0.05) is 0 Å². The van der Waals surface area contributed by atoms with Gasteiger partial charge in [0.1, 0.15) is 28.4 Å². The maximum Gasteiger partial charge on any atom is 0.182 e. The lowest BCUT2D eigenvalue weighted by atomic mass is 9.88. The minimum absolute atomic E-state index is 0.0822. The van der Waals surface area contributed by atoms with Crippen LogP contribution in [0.15, 0.2) is 51.7 Å². The first kappa shape index (κ1) is 18.9. The molecule has 160 valence electrons. The predicted octanol–water partition coefficient (Wildman–Crippen LogP) is 5.08. The van der Waals surface area contributed by atoms with Crippen molar-refractivity contribution in [3.05, 3.63) is 75.5 Å². The lowest BCUT2D eigenvalue weighted by Gasteiger charge is -2.35. The third-order valence-corrected chi connectivity index (χ3v) is 6.15. The van der Waals surface area contributed by atoms with E-state index in [-0.39, 0.29) is 11.2 Å². The van der Waals surface area contributed by atoms with Gasteiger partial charge in [-0.15, -0.1) is 0 Å². The van der Waals surface area contributed by atoms with Gasteiger partial charge < -0.3 is 19.2 Å². The molecule has 32 heavy (non-hydrogen) atoms. The highest BCUT2D eigenvalue weighted by molar-refractivity contribution is 6.06. The molecular weight excluding hydrogens is 404 g/mol. The topological polar surface area (TPSA) is 88.4 Å². The second kappa shape index (κ2) is 6.36. The van der Waals surface area contributed by atoms with Crippen LogP contribution in [0.5, 0.6) is 11.5 Å². The predicted molar refractivity (Wildman–Crippen MR) is 124 cm³/mol. The molecule has 0 spiro atoms. The highest BCUT2D eigenvalue weighted by Gasteiger charge is 2.35. The Morgan fingerprint density at radius 2 is 1.88 bits per heavy atom. The average molecular weight is 426 g/mol. The molecule has 0 amide bonds. The summed E-state index contributed by atoms with van der Waals surface area (Å²) < 4.78 is 12.6. The molecule has 0 fully saturated rings. The first-order valence-electron chi connectivity index (χ1n) is 10.6. The van der Waals surface area contributed by atoms with E-state index in [0.717, 1.165) is 44.1 Å². The third kappa shape index (κ3) is 2.94. The number of hydrogen-bond acceptors (Lipinski definition) is 5. The van der Waals surface area contributed by atoms with Crippen LogP contribution in [0.1, 0.15) is 29.8 Å². The number of aromatic hydroxyl groups is 1. The summed E-state index contributed by atoms with van der Waals surface area (Å²) in [5.41, 5.74) is 3.59. The zero-order chi connectivity index (χ0) is 22.2. The summed E-state index contributed by atoms with van der Waals surface area (Å²) in [6.07, 6.45) is 1.08. The Kier molecular flexibility index (Phi) is 3.76. The lowest BCUT2D eigenvalue weighted by molar-refractivity contribution is 0.0787. The number of phenols is 1. The van der Waals surface area contributed by atoms with Crippen molar-refractivity contribution in [3.63, 3.8) is 0 Å². The maximum absolute atomic E-state index is 12.2. The van der Waals surface area contributed by atoms with Gasteiger partial charge in [0, 0.05) is 53.2 Å². The molecule has 0 bridgehead atoms. The zero-order valence-electron chi connectivity index (χ0n) is 18.1. The molecule has 2 N–H and O–H groups in total. The minimum atomic E-state index is -0.629.